The number of aromatic nitrogens is 1. The second kappa shape index (κ2) is 10.2. The summed E-state index contributed by atoms with van der Waals surface area (Å²) in [5, 5.41) is 16.9. The van der Waals surface area contributed by atoms with Crippen LogP contribution in [0, 0.1) is 11.3 Å². The third kappa shape index (κ3) is 4.86. The number of nitrogens with zero attached hydrogens (tertiary/aromatic N) is 1. The van der Waals surface area contributed by atoms with Gasteiger partial charge < -0.3 is 15.6 Å². The molecule has 1 unspecified atom stereocenters. The van der Waals surface area contributed by atoms with E-state index in [1.807, 2.05) is 24.4 Å². The number of carbonyl (C=O) groups is 1. The van der Waals surface area contributed by atoms with Crippen LogP contribution in [0.5, 0.6) is 0 Å². The number of amides is 1. The molecule has 0 radical (unpaired) electrons. The van der Waals surface area contributed by atoms with E-state index >= 15 is 0 Å². The van der Waals surface area contributed by atoms with Crippen molar-refractivity contribution in [3.63, 3.8) is 0 Å². The van der Waals surface area contributed by atoms with Crippen LogP contribution in [-0.4, -0.2) is 17.4 Å². The Hall–Kier alpha value is -3.52. The molecule has 1 heterocycles. The fourth-order valence-electron chi connectivity index (χ4n) is 4.50. The zero-order valence-corrected chi connectivity index (χ0v) is 18.6. The number of nitrogens with one attached hydrogen (secondary N) is 3. The topological polar surface area (TPSA) is 80.7 Å². The quantitative estimate of drug-likeness (QED) is 0.273. The molecule has 3 N–H and O–H groups in total. The molecule has 1 atom stereocenters. The van der Waals surface area contributed by atoms with Crippen molar-refractivity contribution in [3.8, 4) is 6.07 Å². The number of nitriles is 1. The van der Waals surface area contributed by atoms with Crippen molar-refractivity contribution < 1.29 is 4.79 Å². The first-order valence-electron chi connectivity index (χ1n) is 11.5. The van der Waals surface area contributed by atoms with E-state index in [0.717, 1.165) is 36.8 Å². The monoisotopic (exact) mass is 426 g/mol. The summed E-state index contributed by atoms with van der Waals surface area (Å²) in [7, 11) is 0. The largest absolute Gasteiger partial charge is 0.389 e. The summed E-state index contributed by atoms with van der Waals surface area (Å²) < 4.78 is 0. The van der Waals surface area contributed by atoms with Crippen molar-refractivity contribution in [2.24, 2.45) is 0 Å². The molecule has 3 aromatic rings. The summed E-state index contributed by atoms with van der Waals surface area (Å²) in [5.41, 5.74) is 6.37. The summed E-state index contributed by atoms with van der Waals surface area (Å²) in [6.45, 7) is 2.70. The highest BCUT2D eigenvalue weighted by Crippen LogP contribution is 2.26. The number of H-pyrrole nitrogens is 1. The van der Waals surface area contributed by atoms with E-state index in [1.165, 1.54) is 41.1 Å². The Bertz CT molecular complexity index is 1170. The third-order valence-electron chi connectivity index (χ3n) is 6.31. The molecule has 1 aliphatic rings. The highest BCUT2D eigenvalue weighted by atomic mass is 16.1. The van der Waals surface area contributed by atoms with Crippen LogP contribution in [-0.2, 0) is 24.1 Å². The molecular formula is C27H30N4O. The minimum atomic E-state index is -0.336. The van der Waals surface area contributed by atoms with Crippen LogP contribution < -0.4 is 10.6 Å². The first-order valence-corrected chi connectivity index (χ1v) is 11.5. The Morgan fingerprint density at radius 2 is 2.00 bits per heavy atom. The summed E-state index contributed by atoms with van der Waals surface area (Å²) in [6.07, 6.45) is 9.85. The molecule has 1 amide bonds. The predicted octanol–water partition coefficient (Wildman–Crippen LogP) is 4.85. The first-order chi connectivity index (χ1) is 15.7. The Kier molecular flexibility index (Phi) is 6.91. The molecule has 0 bridgehead atoms. The van der Waals surface area contributed by atoms with Crippen molar-refractivity contribution in [2.75, 3.05) is 6.54 Å². The number of hydrogen-bond acceptors (Lipinski definition) is 3. The van der Waals surface area contributed by atoms with Gasteiger partial charge in [-0.3, -0.25) is 4.79 Å². The highest BCUT2D eigenvalue weighted by Gasteiger charge is 2.18. The van der Waals surface area contributed by atoms with E-state index in [-0.39, 0.29) is 17.5 Å². The summed E-state index contributed by atoms with van der Waals surface area (Å²) >= 11 is 0. The molecule has 0 saturated heterocycles. The number of rotatable bonds is 8. The zero-order chi connectivity index (χ0) is 22.3. The lowest BCUT2D eigenvalue weighted by atomic mass is 9.88. The van der Waals surface area contributed by atoms with Gasteiger partial charge in [-0.15, -0.1) is 0 Å². The van der Waals surface area contributed by atoms with E-state index in [0.29, 0.717) is 6.54 Å². The van der Waals surface area contributed by atoms with Gasteiger partial charge in [-0.05, 0) is 66.8 Å². The van der Waals surface area contributed by atoms with Gasteiger partial charge in [0.2, 0.25) is 0 Å². The Morgan fingerprint density at radius 3 is 2.81 bits per heavy atom. The zero-order valence-electron chi connectivity index (χ0n) is 18.6. The van der Waals surface area contributed by atoms with Crippen LogP contribution in [0.25, 0.3) is 10.9 Å². The van der Waals surface area contributed by atoms with Gasteiger partial charge in [0.15, 0.2) is 0 Å². The number of aryl methyl sites for hydroxylation is 2. The second-order valence-electron chi connectivity index (χ2n) is 8.40. The second-order valence-corrected chi connectivity index (χ2v) is 8.40. The van der Waals surface area contributed by atoms with E-state index in [2.05, 4.69) is 52.9 Å². The lowest BCUT2D eigenvalue weighted by Crippen LogP contribution is -2.30. The van der Waals surface area contributed by atoms with Gasteiger partial charge in [0.1, 0.15) is 11.6 Å². The average Bonchev–Trinajstić information content (AvgIpc) is 3.25. The smallest absolute Gasteiger partial charge is 0.263 e. The molecule has 1 aromatic heterocycles. The van der Waals surface area contributed by atoms with Crippen molar-refractivity contribution in [2.45, 2.75) is 51.5 Å². The van der Waals surface area contributed by atoms with Gasteiger partial charge in [-0.1, -0.05) is 43.3 Å². The van der Waals surface area contributed by atoms with Crippen LogP contribution in [0.4, 0.5) is 0 Å². The molecule has 5 heteroatoms. The van der Waals surface area contributed by atoms with E-state index < -0.39 is 0 Å². The molecule has 0 aliphatic heterocycles. The van der Waals surface area contributed by atoms with Gasteiger partial charge in [0, 0.05) is 29.8 Å². The molecule has 2 aromatic carbocycles. The van der Waals surface area contributed by atoms with E-state index in [9.17, 15) is 10.1 Å². The molecule has 32 heavy (non-hydrogen) atoms. The van der Waals surface area contributed by atoms with Crippen molar-refractivity contribution >= 4 is 16.8 Å². The number of benzene rings is 2. The predicted molar refractivity (Wildman–Crippen MR) is 128 cm³/mol. The maximum absolute atomic E-state index is 12.8. The fourth-order valence-corrected chi connectivity index (χ4v) is 4.50. The SMILES string of the molecule is CCC(NC(=O)/C(C#N)=C\NCCc1c[nH]c2ccccc12)c1ccc2c(c1)CCCC2. The minimum absolute atomic E-state index is 0.0975. The molecule has 1 aliphatic carbocycles. The lowest BCUT2D eigenvalue weighted by molar-refractivity contribution is -0.117. The van der Waals surface area contributed by atoms with Gasteiger partial charge in [0.05, 0.1) is 6.04 Å². The van der Waals surface area contributed by atoms with Crippen molar-refractivity contribution in [1.29, 1.82) is 5.26 Å². The maximum atomic E-state index is 12.8. The maximum Gasteiger partial charge on any atom is 0.263 e. The fraction of sp³-hybridized carbons (Fsp3) is 0.333. The number of hydrogen-bond donors (Lipinski definition) is 3. The van der Waals surface area contributed by atoms with Crippen molar-refractivity contribution in [1.82, 2.24) is 15.6 Å². The summed E-state index contributed by atoms with van der Waals surface area (Å²) in [6, 6.07) is 16.7. The Balaban J connectivity index is 1.36. The lowest BCUT2D eigenvalue weighted by Gasteiger charge is -2.21. The van der Waals surface area contributed by atoms with Gasteiger partial charge >= 0.3 is 0 Å². The Morgan fingerprint density at radius 1 is 1.19 bits per heavy atom. The standard InChI is InChI=1S/C27H30N4O/c1-2-25(21-12-11-19-7-3-4-8-20(19)15-21)31-27(32)23(16-28)17-29-14-13-22-18-30-26-10-6-5-9-24(22)26/h5-6,9-12,15,17-18,25,29-30H,2-4,7-8,13-14H2,1H3,(H,31,32)/b23-17-. The highest BCUT2D eigenvalue weighted by molar-refractivity contribution is 5.97. The Labute approximate surface area is 189 Å². The molecule has 0 saturated carbocycles. The van der Waals surface area contributed by atoms with Gasteiger partial charge in [-0.25, -0.2) is 0 Å². The number of fused-ring (bicyclic) bond motifs is 2. The average molecular weight is 427 g/mol. The van der Waals surface area contributed by atoms with Crippen LogP contribution in [0.15, 0.2) is 60.4 Å². The summed E-state index contributed by atoms with van der Waals surface area (Å²) in [5.74, 6) is -0.336. The number of aromatic amines is 1. The molecule has 164 valence electrons. The molecular weight excluding hydrogens is 396 g/mol. The molecule has 5 nitrogen and oxygen atoms in total. The first kappa shape index (κ1) is 21.7. The third-order valence-corrected chi connectivity index (χ3v) is 6.31. The van der Waals surface area contributed by atoms with Crippen LogP contribution in [0.1, 0.15) is 54.5 Å². The van der Waals surface area contributed by atoms with Crippen LogP contribution in [0.3, 0.4) is 0 Å². The normalized spacial score (nSPS) is 14.4. The van der Waals surface area contributed by atoms with Crippen LogP contribution in [0.2, 0.25) is 0 Å². The minimum Gasteiger partial charge on any atom is -0.389 e. The number of carbonyl (C=O) groups excluding carboxylic acids is 1. The number of para-hydroxylation sites is 1. The molecule has 0 spiro atoms. The van der Waals surface area contributed by atoms with Crippen LogP contribution >= 0.6 is 0 Å². The van der Waals surface area contributed by atoms with Gasteiger partial charge in [-0.2, -0.15) is 5.26 Å². The van der Waals surface area contributed by atoms with E-state index in [4.69, 9.17) is 0 Å². The van der Waals surface area contributed by atoms with E-state index in [1.54, 1.807) is 0 Å². The van der Waals surface area contributed by atoms with Crippen molar-refractivity contribution in [3.05, 3.63) is 82.7 Å². The molecule has 4 rings (SSSR count). The summed E-state index contributed by atoms with van der Waals surface area (Å²) in [4.78, 5) is 16.0. The van der Waals surface area contributed by atoms with Gasteiger partial charge in [0.25, 0.3) is 5.91 Å². The molecule has 0 fully saturated rings.